The predicted molar refractivity (Wildman–Crippen MR) is 98.2 cm³/mol. The Morgan fingerprint density at radius 2 is 1.73 bits per heavy atom. The van der Waals surface area contributed by atoms with E-state index in [1.807, 2.05) is 0 Å². The summed E-state index contributed by atoms with van der Waals surface area (Å²) in [6.07, 6.45) is -1.74. The maximum absolute atomic E-state index is 12.8. The van der Waals surface area contributed by atoms with Gasteiger partial charge >= 0.3 is 12.1 Å². The van der Waals surface area contributed by atoms with Crippen molar-refractivity contribution in [1.29, 1.82) is 0 Å². The molecular weight excluding hydrogens is 429 g/mol. The lowest BCUT2D eigenvalue weighted by Gasteiger charge is -2.19. The molecule has 3 rings (SSSR count). The average Bonchev–Trinajstić information content (AvgIpc) is 2.92. The number of rotatable bonds is 5. The molecule has 1 aromatic carbocycles. The van der Waals surface area contributed by atoms with Gasteiger partial charge in [-0.05, 0) is 31.0 Å². The van der Waals surface area contributed by atoms with Crippen LogP contribution in [-0.2, 0) is 30.1 Å². The Balaban J connectivity index is 1.53. The van der Waals surface area contributed by atoms with E-state index < -0.39 is 60.4 Å². The highest BCUT2D eigenvalue weighted by Gasteiger charge is 2.48. The van der Waals surface area contributed by atoms with Gasteiger partial charge in [0.25, 0.3) is 5.91 Å². The van der Waals surface area contributed by atoms with E-state index in [-0.39, 0.29) is 10.7 Å². The number of carbonyl (C=O) groups is 4. The largest absolute Gasteiger partial charge is 0.454 e. The van der Waals surface area contributed by atoms with Crippen LogP contribution in [0.15, 0.2) is 18.2 Å². The van der Waals surface area contributed by atoms with Gasteiger partial charge in [0.15, 0.2) is 6.61 Å². The van der Waals surface area contributed by atoms with E-state index >= 15 is 0 Å². The van der Waals surface area contributed by atoms with E-state index in [0.29, 0.717) is 18.9 Å². The second-order valence-corrected chi connectivity index (χ2v) is 7.57. The highest BCUT2D eigenvalue weighted by molar-refractivity contribution is 6.33. The van der Waals surface area contributed by atoms with Gasteiger partial charge in [-0.2, -0.15) is 13.2 Å². The number of halogens is 4. The van der Waals surface area contributed by atoms with Crippen LogP contribution in [0.1, 0.15) is 31.2 Å². The van der Waals surface area contributed by atoms with Crippen molar-refractivity contribution in [2.24, 2.45) is 11.8 Å². The van der Waals surface area contributed by atoms with Crippen molar-refractivity contribution in [3.8, 4) is 0 Å². The van der Waals surface area contributed by atoms with Crippen molar-refractivity contribution in [1.82, 2.24) is 4.90 Å². The van der Waals surface area contributed by atoms with Crippen LogP contribution in [0.2, 0.25) is 5.02 Å². The van der Waals surface area contributed by atoms with Crippen LogP contribution in [0.25, 0.3) is 0 Å². The number of amides is 3. The van der Waals surface area contributed by atoms with Gasteiger partial charge in [-0.3, -0.25) is 24.1 Å². The lowest BCUT2D eigenvalue weighted by atomic mass is 9.81. The number of hydrogen-bond donors (Lipinski definition) is 1. The summed E-state index contributed by atoms with van der Waals surface area (Å²) in [6.45, 7) is -1.42. The van der Waals surface area contributed by atoms with Crippen molar-refractivity contribution in [3.05, 3.63) is 28.8 Å². The summed E-state index contributed by atoms with van der Waals surface area (Å²) in [5, 5.41) is 2.01. The molecule has 0 aromatic heterocycles. The average molecular weight is 447 g/mol. The number of hydrogen-bond acceptors (Lipinski definition) is 5. The summed E-state index contributed by atoms with van der Waals surface area (Å²) in [6, 6.07) is 2.40. The van der Waals surface area contributed by atoms with Crippen LogP contribution in [0, 0.1) is 11.8 Å². The first-order valence-corrected chi connectivity index (χ1v) is 9.63. The topological polar surface area (TPSA) is 92.8 Å². The molecule has 11 heteroatoms. The normalized spacial score (nSPS) is 21.4. The summed E-state index contributed by atoms with van der Waals surface area (Å²) in [5.41, 5.74) is -1.30. The molecule has 2 aliphatic rings. The lowest BCUT2D eigenvalue weighted by molar-refractivity contribution is -0.154. The van der Waals surface area contributed by atoms with Crippen molar-refractivity contribution >= 4 is 41.0 Å². The Labute approximate surface area is 174 Å². The standard InChI is InChI=1S/C19H18ClF3N2O5/c20-13-6-5-10(19(21,22)23)7-14(13)24-15(26)9-30-16(27)8-25-17(28)11-3-1-2-4-12(11)18(25)29/h5-7,11-12H,1-4,8-9H2,(H,24,26)/t11-,12-/m1/s1. The minimum Gasteiger partial charge on any atom is -0.454 e. The zero-order valence-corrected chi connectivity index (χ0v) is 16.4. The molecule has 1 aliphatic heterocycles. The van der Waals surface area contributed by atoms with Gasteiger partial charge in [-0.15, -0.1) is 0 Å². The SMILES string of the molecule is O=C(COC(=O)CN1C(=O)[C@@H]2CCCC[C@H]2C1=O)Nc1cc(C(F)(F)F)ccc1Cl. The molecule has 2 atom stereocenters. The molecule has 1 aliphatic carbocycles. The molecule has 1 saturated heterocycles. The number of fused-ring (bicyclic) bond motifs is 1. The Bertz CT molecular complexity index is 865. The van der Waals surface area contributed by atoms with Crippen LogP contribution in [-0.4, -0.2) is 41.7 Å². The fourth-order valence-corrected chi connectivity index (χ4v) is 3.86. The van der Waals surface area contributed by atoms with Gasteiger partial charge in [-0.25, -0.2) is 0 Å². The fourth-order valence-electron chi connectivity index (χ4n) is 3.69. The van der Waals surface area contributed by atoms with Crippen LogP contribution < -0.4 is 5.32 Å². The van der Waals surface area contributed by atoms with Crippen LogP contribution >= 0.6 is 11.6 Å². The number of likely N-dealkylation sites (tertiary alicyclic amines) is 1. The number of ether oxygens (including phenoxy) is 1. The number of benzene rings is 1. The molecular formula is C19H18ClF3N2O5. The molecule has 0 bridgehead atoms. The summed E-state index contributed by atoms with van der Waals surface area (Å²) in [4.78, 5) is 49.4. The zero-order chi connectivity index (χ0) is 22.1. The molecule has 162 valence electrons. The smallest absolute Gasteiger partial charge is 0.416 e. The Morgan fingerprint density at radius 3 is 2.30 bits per heavy atom. The third-order valence-electron chi connectivity index (χ3n) is 5.15. The summed E-state index contributed by atoms with van der Waals surface area (Å²) in [5.74, 6) is -3.54. The van der Waals surface area contributed by atoms with E-state index in [2.05, 4.69) is 5.32 Å². The quantitative estimate of drug-likeness (QED) is 0.554. The number of alkyl halides is 3. The molecule has 1 aromatic rings. The van der Waals surface area contributed by atoms with Gasteiger partial charge in [0.2, 0.25) is 11.8 Å². The van der Waals surface area contributed by atoms with E-state index in [4.69, 9.17) is 16.3 Å². The van der Waals surface area contributed by atoms with Gasteiger partial charge in [0, 0.05) is 0 Å². The molecule has 0 unspecified atom stereocenters. The van der Waals surface area contributed by atoms with Crippen molar-refractivity contribution in [3.63, 3.8) is 0 Å². The van der Waals surface area contributed by atoms with Gasteiger partial charge < -0.3 is 10.1 Å². The summed E-state index contributed by atoms with van der Waals surface area (Å²) >= 11 is 5.79. The molecule has 7 nitrogen and oxygen atoms in total. The molecule has 1 N–H and O–H groups in total. The zero-order valence-electron chi connectivity index (χ0n) is 15.6. The first-order chi connectivity index (χ1) is 14.1. The monoisotopic (exact) mass is 446 g/mol. The highest BCUT2D eigenvalue weighted by atomic mass is 35.5. The number of esters is 1. The van der Waals surface area contributed by atoms with Crippen molar-refractivity contribution in [2.45, 2.75) is 31.9 Å². The second kappa shape index (κ2) is 8.63. The second-order valence-electron chi connectivity index (χ2n) is 7.16. The number of imide groups is 1. The van der Waals surface area contributed by atoms with Crippen molar-refractivity contribution in [2.75, 3.05) is 18.5 Å². The predicted octanol–water partition coefficient (Wildman–Crippen LogP) is 3.02. The minimum absolute atomic E-state index is 0.126. The molecule has 1 saturated carbocycles. The van der Waals surface area contributed by atoms with E-state index in [0.717, 1.165) is 29.9 Å². The van der Waals surface area contributed by atoms with Gasteiger partial charge in [-0.1, -0.05) is 24.4 Å². The number of carbonyl (C=O) groups excluding carboxylic acids is 4. The maximum atomic E-state index is 12.8. The molecule has 0 radical (unpaired) electrons. The summed E-state index contributed by atoms with van der Waals surface area (Å²) in [7, 11) is 0. The summed E-state index contributed by atoms with van der Waals surface area (Å²) < 4.78 is 43.1. The van der Waals surface area contributed by atoms with E-state index in [9.17, 15) is 32.3 Å². The number of nitrogens with one attached hydrogen (secondary N) is 1. The van der Waals surface area contributed by atoms with Gasteiger partial charge in [0.1, 0.15) is 6.54 Å². The van der Waals surface area contributed by atoms with Crippen molar-refractivity contribution < 1.29 is 37.1 Å². The third kappa shape index (κ3) is 4.75. The molecule has 2 fully saturated rings. The Kier molecular flexibility index (Phi) is 6.35. The lowest BCUT2D eigenvalue weighted by Crippen LogP contribution is -2.37. The minimum atomic E-state index is -4.62. The Morgan fingerprint density at radius 1 is 1.13 bits per heavy atom. The number of nitrogens with zero attached hydrogens (tertiary/aromatic N) is 1. The molecule has 1 heterocycles. The molecule has 3 amide bonds. The van der Waals surface area contributed by atoms with Crippen LogP contribution in [0.4, 0.5) is 18.9 Å². The Hall–Kier alpha value is -2.62. The third-order valence-corrected chi connectivity index (χ3v) is 5.48. The number of anilines is 1. The van der Waals surface area contributed by atoms with E-state index in [1.165, 1.54) is 0 Å². The molecule has 30 heavy (non-hydrogen) atoms. The van der Waals surface area contributed by atoms with E-state index in [1.54, 1.807) is 0 Å². The van der Waals surface area contributed by atoms with Gasteiger partial charge in [0.05, 0.1) is 28.1 Å². The fraction of sp³-hybridized carbons (Fsp3) is 0.474. The highest BCUT2D eigenvalue weighted by Crippen LogP contribution is 2.38. The first-order valence-electron chi connectivity index (χ1n) is 9.25. The molecule has 0 spiro atoms. The maximum Gasteiger partial charge on any atom is 0.416 e. The van der Waals surface area contributed by atoms with Crippen LogP contribution in [0.3, 0.4) is 0 Å². The van der Waals surface area contributed by atoms with Crippen LogP contribution in [0.5, 0.6) is 0 Å². The first kappa shape index (κ1) is 22.1.